The highest BCUT2D eigenvalue weighted by molar-refractivity contribution is 6.04. The fourth-order valence-electron chi connectivity index (χ4n) is 4.36. The van der Waals surface area contributed by atoms with Crippen LogP contribution >= 0.6 is 0 Å². The summed E-state index contributed by atoms with van der Waals surface area (Å²) < 4.78 is 6.58. The van der Waals surface area contributed by atoms with Crippen molar-refractivity contribution in [3.05, 3.63) is 128 Å². The first kappa shape index (κ1) is 19.3. The van der Waals surface area contributed by atoms with Crippen LogP contribution in [0.1, 0.15) is 0 Å². The molecule has 2 nitrogen and oxygen atoms in total. The van der Waals surface area contributed by atoms with Crippen LogP contribution in [0.15, 0.2) is 132 Å². The van der Waals surface area contributed by atoms with E-state index in [1.54, 1.807) is 0 Å². The van der Waals surface area contributed by atoms with Gasteiger partial charge in [-0.15, -0.1) is 0 Å². The Labute approximate surface area is 192 Å². The second-order valence-electron chi connectivity index (χ2n) is 8.02. The molecule has 4 aromatic carbocycles. The summed E-state index contributed by atoms with van der Waals surface area (Å²) in [7, 11) is 0. The summed E-state index contributed by atoms with van der Waals surface area (Å²) in [5, 5.41) is 2.15. The number of aromatic nitrogens is 1. The van der Waals surface area contributed by atoms with E-state index in [9.17, 15) is 0 Å². The van der Waals surface area contributed by atoms with Crippen LogP contribution in [-0.2, 0) is 0 Å². The lowest BCUT2D eigenvalue weighted by Gasteiger charge is -2.08. The molecule has 0 saturated carbocycles. The summed E-state index contributed by atoms with van der Waals surface area (Å²) in [6.07, 6.45) is 1.92. The summed E-state index contributed by atoms with van der Waals surface area (Å²) in [4.78, 5) is 4.77. The monoisotopic (exact) mass is 423 g/mol. The third-order valence-corrected chi connectivity index (χ3v) is 5.98. The van der Waals surface area contributed by atoms with Crippen molar-refractivity contribution in [2.45, 2.75) is 0 Å². The molecule has 0 atom stereocenters. The Bertz CT molecular complexity index is 1530. The van der Waals surface area contributed by atoms with Crippen LogP contribution in [0.3, 0.4) is 0 Å². The first-order valence-electron chi connectivity index (χ1n) is 11.1. The van der Waals surface area contributed by atoms with E-state index in [1.165, 1.54) is 5.56 Å². The maximum absolute atomic E-state index is 6.58. The summed E-state index contributed by atoms with van der Waals surface area (Å²) in [5.74, 6) is 1.66. The molecule has 0 aliphatic rings. The Hall–Kier alpha value is -4.43. The van der Waals surface area contributed by atoms with Crippen LogP contribution in [-0.4, -0.2) is 4.98 Å². The summed E-state index contributed by atoms with van der Waals surface area (Å²) in [5.41, 5.74) is 6.46. The van der Waals surface area contributed by atoms with Crippen molar-refractivity contribution in [1.82, 2.24) is 4.98 Å². The molecule has 0 fully saturated rings. The lowest BCUT2D eigenvalue weighted by molar-refractivity contribution is 0.600. The van der Waals surface area contributed by atoms with Gasteiger partial charge in [-0.3, -0.25) is 4.98 Å². The second-order valence-corrected chi connectivity index (χ2v) is 8.02. The van der Waals surface area contributed by atoms with Gasteiger partial charge in [0.1, 0.15) is 11.5 Å². The van der Waals surface area contributed by atoms with Crippen molar-refractivity contribution >= 4 is 10.8 Å². The smallest absolute Gasteiger partial charge is 0.161 e. The largest absolute Gasteiger partial charge is 0.453 e. The molecule has 0 saturated heterocycles. The minimum Gasteiger partial charge on any atom is -0.453 e. The number of rotatable bonds is 4. The van der Waals surface area contributed by atoms with E-state index >= 15 is 0 Å². The van der Waals surface area contributed by atoms with Crippen LogP contribution in [0, 0.1) is 0 Å². The first-order valence-corrected chi connectivity index (χ1v) is 11.1. The fraction of sp³-hybridized carbons (Fsp3) is 0. The number of hydrogen-bond acceptors (Lipinski definition) is 2. The maximum Gasteiger partial charge on any atom is 0.161 e. The van der Waals surface area contributed by atoms with E-state index in [2.05, 4.69) is 84.9 Å². The third-order valence-electron chi connectivity index (χ3n) is 5.98. The van der Waals surface area contributed by atoms with Gasteiger partial charge in [0.25, 0.3) is 0 Å². The zero-order chi connectivity index (χ0) is 22.0. The van der Waals surface area contributed by atoms with Crippen LogP contribution in [0.5, 0.6) is 0 Å². The van der Waals surface area contributed by atoms with E-state index in [0.717, 1.165) is 50.2 Å². The Morgan fingerprint density at radius 1 is 0.424 bits per heavy atom. The summed E-state index contributed by atoms with van der Waals surface area (Å²) >= 11 is 0. The van der Waals surface area contributed by atoms with E-state index in [4.69, 9.17) is 9.40 Å². The Morgan fingerprint density at radius 3 is 1.67 bits per heavy atom. The molecule has 6 rings (SSSR count). The Balaban J connectivity index is 1.50. The average molecular weight is 424 g/mol. The Kier molecular flexibility index (Phi) is 4.82. The number of pyridine rings is 1. The maximum atomic E-state index is 6.58. The average Bonchev–Trinajstić information content (AvgIpc) is 3.29. The second kappa shape index (κ2) is 8.25. The van der Waals surface area contributed by atoms with E-state index < -0.39 is 0 Å². The van der Waals surface area contributed by atoms with E-state index in [1.807, 2.05) is 42.6 Å². The van der Waals surface area contributed by atoms with Gasteiger partial charge >= 0.3 is 0 Å². The minimum absolute atomic E-state index is 0.795. The third kappa shape index (κ3) is 3.52. The molecule has 0 unspecified atom stereocenters. The Morgan fingerprint density at radius 2 is 1.00 bits per heavy atom. The molecule has 33 heavy (non-hydrogen) atoms. The summed E-state index contributed by atoms with van der Waals surface area (Å²) in [6, 6.07) is 41.6. The fourth-order valence-corrected chi connectivity index (χ4v) is 4.36. The number of benzene rings is 4. The van der Waals surface area contributed by atoms with Gasteiger partial charge in [0, 0.05) is 28.1 Å². The van der Waals surface area contributed by atoms with Gasteiger partial charge in [-0.05, 0) is 22.8 Å². The number of furan rings is 1. The van der Waals surface area contributed by atoms with Crippen molar-refractivity contribution in [3.8, 4) is 45.0 Å². The number of fused-ring (bicyclic) bond motifs is 1. The van der Waals surface area contributed by atoms with Crippen LogP contribution in [0.2, 0.25) is 0 Å². The molecule has 0 spiro atoms. The molecule has 2 heterocycles. The lowest BCUT2D eigenvalue weighted by atomic mass is 9.96. The molecular formula is C31H21NO. The molecule has 0 aliphatic carbocycles. The lowest BCUT2D eigenvalue weighted by Crippen LogP contribution is -1.84. The SMILES string of the molecule is c1ccc(-c2ccc(-c3oc(-c4ccccc4-c4ccccc4)c4ccccc34)nc2)cc1. The normalized spacial score (nSPS) is 11.0. The highest BCUT2D eigenvalue weighted by atomic mass is 16.3. The van der Waals surface area contributed by atoms with Crippen molar-refractivity contribution in [2.24, 2.45) is 0 Å². The van der Waals surface area contributed by atoms with Gasteiger partial charge in [0.2, 0.25) is 0 Å². The number of nitrogens with zero attached hydrogens (tertiary/aromatic N) is 1. The van der Waals surface area contributed by atoms with Gasteiger partial charge in [0.05, 0.1) is 0 Å². The topological polar surface area (TPSA) is 26.0 Å². The van der Waals surface area contributed by atoms with Crippen molar-refractivity contribution in [3.63, 3.8) is 0 Å². The molecule has 0 N–H and O–H groups in total. The molecule has 156 valence electrons. The quantitative estimate of drug-likeness (QED) is 0.284. The van der Waals surface area contributed by atoms with Gasteiger partial charge in [0.15, 0.2) is 5.76 Å². The van der Waals surface area contributed by atoms with Gasteiger partial charge in [-0.2, -0.15) is 0 Å². The van der Waals surface area contributed by atoms with Crippen molar-refractivity contribution in [2.75, 3.05) is 0 Å². The van der Waals surface area contributed by atoms with Gasteiger partial charge < -0.3 is 4.42 Å². The zero-order valence-electron chi connectivity index (χ0n) is 18.0. The highest BCUT2D eigenvalue weighted by Crippen LogP contribution is 2.42. The predicted molar refractivity (Wildman–Crippen MR) is 136 cm³/mol. The van der Waals surface area contributed by atoms with Crippen molar-refractivity contribution in [1.29, 1.82) is 0 Å². The highest BCUT2D eigenvalue weighted by Gasteiger charge is 2.19. The molecule has 0 bridgehead atoms. The van der Waals surface area contributed by atoms with Crippen LogP contribution < -0.4 is 0 Å². The summed E-state index contributed by atoms with van der Waals surface area (Å²) in [6.45, 7) is 0. The minimum atomic E-state index is 0.795. The molecule has 0 radical (unpaired) electrons. The van der Waals surface area contributed by atoms with Crippen LogP contribution in [0.25, 0.3) is 55.8 Å². The van der Waals surface area contributed by atoms with E-state index in [-0.39, 0.29) is 0 Å². The number of hydrogen-bond donors (Lipinski definition) is 0. The molecular weight excluding hydrogens is 402 g/mol. The molecule has 2 heteroatoms. The molecule has 0 amide bonds. The van der Waals surface area contributed by atoms with Gasteiger partial charge in [-0.25, -0.2) is 0 Å². The standard InChI is InChI=1S/C31H21NO/c1-3-11-22(12-4-1)24-19-20-29(32-21-24)31-28-18-10-9-17-27(28)30(33-31)26-16-8-7-15-25(26)23-13-5-2-6-14-23/h1-21H. The molecule has 0 aliphatic heterocycles. The van der Waals surface area contributed by atoms with E-state index in [0.29, 0.717) is 0 Å². The van der Waals surface area contributed by atoms with Crippen LogP contribution in [0.4, 0.5) is 0 Å². The molecule has 6 aromatic rings. The van der Waals surface area contributed by atoms with Crippen molar-refractivity contribution < 1.29 is 4.42 Å². The van der Waals surface area contributed by atoms with Gasteiger partial charge in [-0.1, -0.05) is 115 Å². The zero-order valence-corrected chi connectivity index (χ0v) is 18.0. The first-order chi connectivity index (χ1) is 16.4. The molecule has 2 aromatic heterocycles. The predicted octanol–water partition coefficient (Wildman–Crippen LogP) is 8.50.